The highest BCUT2D eigenvalue weighted by molar-refractivity contribution is 5.75. The summed E-state index contributed by atoms with van der Waals surface area (Å²) in [4.78, 5) is 0. The van der Waals surface area contributed by atoms with E-state index in [4.69, 9.17) is 14.2 Å². The fourth-order valence-corrected chi connectivity index (χ4v) is 6.59. The fourth-order valence-electron chi connectivity index (χ4n) is 6.59. The van der Waals surface area contributed by atoms with Crippen LogP contribution < -0.4 is 0 Å². The number of rotatable bonds is 36. The van der Waals surface area contributed by atoms with Crippen molar-refractivity contribution in [1.82, 2.24) is 0 Å². The quantitative estimate of drug-likeness (QED) is 0.0596. The minimum Gasteiger partial charge on any atom is -0.381 e. The second-order valence-corrected chi connectivity index (χ2v) is 16.1. The number of hydrogen-bond acceptors (Lipinski definition) is 3. The summed E-state index contributed by atoms with van der Waals surface area (Å²) in [6.45, 7) is 33.3. The molecule has 0 aliphatic heterocycles. The molecule has 0 aliphatic carbocycles. The van der Waals surface area contributed by atoms with Crippen LogP contribution in [0.15, 0.2) is 0 Å². The summed E-state index contributed by atoms with van der Waals surface area (Å²) in [6.07, 6.45) is 31.7. The van der Waals surface area contributed by atoms with Crippen molar-refractivity contribution in [2.75, 3.05) is 39.6 Å². The van der Waals surface area contributed by atoms with Crippen molar-refractivity contribution in [3.8, 4) is 0 Å². The molecule has 3 radical (unpaired) electrons. The van der Waals surface area contributed by atoms with Gasteiger partial charge in [-0.2, -0.15) is 0 Å². The molecule has 0 spiro atoms. The van der Waals surface area contributed by atoms with Crippen molar-refractivity contribution < 1.29 is 14.2 Å². The van der Waals surface area contributed by atoms with E-state index < -0.39 is 0 Å². The maximum absolute atomic E-state index is 5.93. The topological polar surface area (TPSA) is 27.7 Å². The van der Waals surface area contributed by atoms with Crippen LogP contribution in [0, 0.1) is 35.5 Å². The van der Waals surface area contributed by atoms with E-state index in [1.165, 1.54) is 154 Å². The normalized spacial score (nSPS) is 14.5. The summed E-state index contributed by atoms with van der Waals surface area (Å²) in [6, 6.07) is 0. The van der Waals surface area contributed by atoms with Gasteiger partial charge in [0.1, 0.15) is 0 Å². The molecular formula is C48H102AlO3. The van der Waals surface area contributed by atoms with Gasteiger partial charge in [0, 0.05) is 57.0 Å². The molecule has 6 unspecified atom stereocenters. The van der Waals surface area contributed by atoms with Crippen LogP contribution in [0.4, 0.5) is 0 Å². The molecule has 315 valence electrons. The van der Waals surface area contributed by atoms with E-state index in [0.29, 0.717) is 0 Å². The molecule has 0 N–H and O–H groups in total. The molecule has 0 heterocycles. The van der Waals surface area contributed by atoms with Gasteiger partial charge >= 0.3 is 0 Å². The molecule has 0 aliphatic rings. The lowest BCUT2D eigenvalue weighted by Crippen LogP contribution is -2.14. The number of ether oxygens (including phenoxy) is 3. The molecular weight excluding hydrogens is 652 g/mol. The summed E-state index contributed by atoms with van der Waals surface area (Å²) in [7, 11) is 0. The van der Waals surface area contributed by atoms with Crippen molar-refractivity contribution in [3.63, 3.8) is 0 Å². The van der Waals surface area contributed by atoms with Crippen molar-refractivity contribution in [2.45, 2.75) is 237 Å². The Balaban J connectivity index is -0.000000329. The maximum Gasteiger partial charge on any atom is 0.0494 e. The summed E-state index contributed by atoms with van der Waals surface area (Å²) >= 11 is 0. The first-order valence-corrected chi connectivity index (χ1v) is 23.6. The molecule has 0 fully saturated rings. The SMILES string of the molecule is CCCCC(CC)COCC(CC)CCCC.CCCCC(CC)COCC(CC)CCCC.CCCCC(CC)COCC(CC)CCCC.[Al]. The van der Waals surface area contributed by atoms with Gasteiger partial charge in [0.2, 0.25) is 0 Å². The molecule has 0 aromatic heterocycles. The monoisotopic (exact) mass is 754 g/mol. The van der Waals surface area contributed by atoms with E-state index >= 15 is 0 Å². The third kappa shape index (κ3) is 41.6. The number of unbranched alkanes of at least 4 members (excludes halogenated alkanes) is 6. The minimum atomic E-state index is 0. The first kappa shape index (κ1) is 59.1. The van der Waals surface area contributed by atoms with Gasteiger partial charge in [-0.15, -0.1) is 0 Å². The second kappa shape index (κ2) is 49.4. The summed E-state index contributed by atoms with van der Waals surface area (Å²) in [5.74, 6) is 4.74. The summed E-state index contributed by atoms with van der Waals surface area (Å²) in [5, 5.41) is 0. The molecule has 0 amide bonds. The Kier molecular flexibility index (Phi) is 56.2. The molecule has 3 nitrogen and oxygen atoms in total. The fraction of sp³-hybridized carbons (Fsp3) is 1.00. The Morgan fingerprint density at radius 3 is 0.481 bits per heavy atom. The van der Waals surface area contributed by atoms with Gasteiger partial charge in [-0.25, -0.2) is 0 Å². The largest absolute Gasteiger partial charge is 0.381 e. The molecule has 6 atom stereocenters. The lowest BCUT2D eigenvalue weighted by Gasteiger charge is -2.18. The minimum absolute atomic E-state index is 0. The van der Waals surface area contributed by atoms with Crippen LogP contribution in [0.2, 0.25) is 0 Å². The Labute approximate surface area is 342 Å². The average Bonchev–Trinajstić information content (AvgIpc) is 3.16. The highest BCUT2D eigenvalue weighted by atomic mass is 27.0. The molecule has 52 heavy (non-hydrogen) atoms. The van der Waals surface area contributed by atoms with E-state index in [1.54, 1.807) is 0 Å². The molecule has 0 aromatic rings. The third-order valence-electron chi connectivity index (χ3n) is 11.4. The predicted octanol–water partition coefficient (Wildman–Crippen LogP) is 15.9. The molecule has 0 bridgehead atoms. The third-order valence-corrected chi connectivity index (χ3v) is 11.4. The zero-order valence-corrected chi connectivity index (χ0v) is 39.6. The summed E-state index contributed by atoms with van der Waals surface area (Å²) in [5.41, 5.74) is 0. The zero-order chi connectivity index (χ0) is 38.8. The van der Waals surface area contributed by atoms with Crippen molar-refractivity contribution >= 4 is 17.4 Å². The number of hydrogen-bond donors (Lipinski definition) is 0. The van der Waals surface area contributed by atoms with Gasteiger partial charge in [0.25, 0.3) is 0 Å². The zero-order valence-electron chi connectivity index (χ0n) is 38.5. The maximum atomic E-state index is 5.93. The van der Waals surface area contributed by atoms with Crippen LogP contribution in [0.5, 0.6) is 0 Å². The smallest absolute Gasteiger partial charge is 0.0494 e. The van der Waals surface area contributed by atoms with Gasteiger partial charge < -0.3 is 14.2 Å². The van der Waals surface area contributed by atoms with E-state index in [-0.39, 0.29) is 17.4 Å². The van der Waals surface area contributed by atoms with Gasteiger partial charge in [-0.3, -0.25) is 0 Å². The van der Waals surface area contributed by atoms with Gasteiger partial charge in [0.05, 0.1) is 0 Å². The first-order valence-electron chi connectivity index (χ1n) is 23.6. The predicted molar refractivity (Wildman–Crippen MR) is 238 cm³/mol. The van der Waals surface area contributed by atoms with E-state index in [2.05, 4.69) is 83.1 Å². The average molecular weight is 754 g/mol. The van der Waals surface area contributed by atoms with Crippen LogP contribution in [0.1, 0.15) is 237 Å². The van der Waals surface area contributed by atoms with E-state index in [1.807, 2.05) is 0 Å². The lowest BCUT2D eigenvalue weighted by atomic mass is 9.99. The highest BCUT2D eigenvalue weighted by Crippen LogP contribution is 2.19. The van der Waals surface area contributed by atoms with Crippen LogP contribution in [-0.2, 0) is 14.2 Å². The lowest BCUT2D eigenvalue weighted by molar-refractivity contribution is 0.0630. The molecule has 0 rings (SSSR count). The van der Waals surface area contributed by atoms with Crippen molar-refractivity contribution in [3.05, 3.63) is 0 Å². The Bertz CT molecular complexity index is 473. The summed E-state index contributed by atoms with van der Waals surface area (Å²) < 4.78 is 17.8. The second-order valence-electron chi connectivity index (χ2n) is 16.1. The van der Waals surface area contributed by atoms with Crippen molar-refractivity contribution in [2.24, 2.45) is 35.5 Å². The van der Waals surface area contributed by atoms with Gasteiger partial charge in [0.15, 0.2) is 0 Å². The van der Waals surface area contributed by atoms with Gasteiger partial charge in [-0.1, -0.05) is 199 Å². The molecule has 0 aromatic carbocycles. The van der Waals surface area contributed by atoms with E-state index in [9.17, 15) is 0 Å². The molecule has 0 saturated heterocycles. The standard InChI is InChI=1S/3C16H34O.Al/c3*1-5-9-11-15(7-3)13-17-14-16(8-4)12-10-6-2;/h3*15-16H,5-14H2,1-4H3;. The van der Waals surface area contributed by atoms with Gasteiger partial charge in [-0.05, 0) is 74.0 Å². The van der Waals surface area contributed by atoms with Crippen LogP contribution in [0.3, 0.4) is 0 Å². The van der Waals surface area contributed by atoms with Crippen LogP contribution in [-0.4, -0.2) is 57.0 Å². The van der Waals surface area contributed by atoms with Crippen LogP contribution in [0.25, 0.3) is 0 Å². The molecule has 4 heteroatoms. The Morgan fingerprint density at radius 1 is 0.250 bits per heavy atom. The van der Waals surface area contributed by atoms with E-state index in [0.717, 1.165) is 75.1 Å². The Hall–Kier alpha value is 0.412. The van der Waals surface area contributed by atoms with Crippen LogP contribution >= 0.6 is 0 Å². The Morgan fingerprint density at radius 2 is 0.385 bits per heavy atom. The first-order chi connectivity index (χ1) is 24.8. The van der Waals surface area contributed by atoms with Crippen molar-refractivity contribution in [1.29, 1.82) is 0 Å². The highest BCUT2D eigenvalue weighted by Gasteiger charge is 2.12. The molecule has 0 saturated carbocycles.